The van der Waals surface area contributed by atoms with E-state index in [4.69, 9.17) is 0 Å². The summed E-state index contributed by atoms with van der Waals surface area (Å²) in [5, 5.41) is 10.1. The molecular formula is C12H20O2. The molecule has 80 valence electrons. The van der Waals surface area contributed by atoms with Crippen molar-refractivity contribution in [2.75, 3.05) is 0 Å². The fraction of sp³-hybridized carbons (Fsp3) is 0.750. The summed E-state index contributed by atoms with van der Waals surface area (Å²) < 4.78 is 0. The summed E-state index contributed by atoms with van der Waals surface area (Å²) in [5.74, 6) is 0.0408. The monoisotopic (exact) mass is 196 g/mol. The van der Waals surface area contributed by atoms with Crippen molar-refractivity contribution in [2.45, 2.75) is 57.0 Å². The second-order valence-electron chi connectivity index (χ2n) is 4.20. The van der Waals surface area contributed by atoms with Crippen molar-refractivity contribution >= 4 is 5.78 Å². The van der Waals surface area contributed by atoms with E-state index in [2.05, 4.69) is 6.58 Å². The normalized spacial score (nSPS) is 20.4. The number of carbonyl (C=O) groups excluding carboxylic acids is 1. The molecule has 0 aromatic heterocycles. The third kappa shape index (κ3) is 2.95. The maximum absolute atomic E-state index is 11.7. The Bertz CT molecular complexity index is 202. The number of ketones is 1. The second-order valence-corrected chi connectivity index (χ2v) is 4.20. The summed E-state index contributed by atoms with van der Waals surface area (Å²) in [6, 6.07) is 0. The molecule has 1 rings (SSSR count). The number of rotatable bonds is 5. The Morgan fingerprint density at radius 3 is 2.57 bits per heavy atom. The first kappa shape index (κ1) is 11.4. The van der Waals surface area contributed by atoms with Gasteiger partial charge in [0.05, 0.1) is 0 Å². The zero-order valence-corrected chi connectivity index (χ0v) is 8.80. The molecule has 0 aromatic carbocycles. The predicted octanol–water partition coefficient (Wildman–Crippen LogP) is 2.61. The van der Waals surface area contributed by atoms with E-state index in [1.54, 1.807) is 0 Å². The first-order chi connectivity index (χ1) is 6.69. The average Bonchev–Trinajstić information content (AvgIpc) is 2.19. The van der Waals surface area contributed by atoms with Gasteiger partial charge in [-0.25, -0.2) is 0 Å². The number of allylic oxidation sites excluding steroid dienone is 1. The van der Waals surface area contributed by atoms with E-state index in [9.17, 15) is 9.90 Å². The minimum Gasteiger partial charge on any atom is -0.382 e. The number of hydrogen-bond donors (Lipinski definition) is 1. The van der Waals surface area contributed by atoms with E-state index in [1.807, 2.05) is 6.08 Å². The van der Waals surface area contributed by atoms with E-state index in [1.165, 1.54) is 0 Å². The smallest absolute Gasteiger partial charge is 0.164 e. The van der Waals surface area contributed by atoms with Crippen LogP contribution in [0.3, 0.4) is 0 Å². The van der Waals surface area contributed by atoms with Gasteiger partial charge in [0.25, 0.3) is 0 Å². The van der Waals surface area contributed by atoms with Gasteiger partial charge in [-0.15, -0.1) is 6.58 Å². The Labute approximate surface area is 86.0 Å². The summed E-state index contributed by atoms with van der Waals surface area (Å²) in [6.45, 7) is 3.61. The van der Waals surface area contributed by atoms with Gasteiger partial charge < -0.3 is 5.11 Å². The highest BCUT2D eigenvalue weighted by Crippen LogP contribution is 2.30. The predicted molar refractivity (Wildman–Crippen MR) is 57.1 cm³/mol. The van der Waals surface area contributed by atoms with Crippen molar-refractivity contribution in [1.29, 1.82) is 0 Å². The SMILES string of the molecule is C=CCCCC(=O)C1(O)CCCCC1. The van der Waals surface area contributed by atoms with Crippen LogP contribution in [0.1, 0.15) is 51.4 Å². The first-order valence-electron chi connectivity index (χ1n) is 5.55. The lowest BCUT2D eigenvalue weighted by Gasteiger charge is -2.30. The molecule has 0 bridgehead atoms. The maximum atomic E-state index is 11.7. The quantitative estimate of drug-likeness (QED) is 0.542. The number of Topliss-reactive ketones (excluding diaryl/α,β-unsaturated/α-hetero) is 1. The lowest BCUT2D eigenvalue weighted by atomic mass is 9.80. The van der Waals surface area contributed by atoms with Crippen molar-refractivity contribution < 1.29 is 9.90 Å². The minimum absolute atomic E-state index is 0.0408. The topological polar surface area (TPSA) is 37.3 Å². The van der Waals surface area contributed by atoms with Crippen molar-refractivity contribution in [3.8, 4) is 0 Å². The molecule has 2 heteroatoms. The van der Waals surface area contributed by atoms with Gasteiger partial charge in [-0.3, -0.25) is 4.79 Å². The van der Waals surface area contributed by atoms with Crippen LogP contribution in [0.5, 0.6) is 0 Å². The summed E-state index contributed by atoms with van der Waals surface area (Å²) in [6.07, 6.45) is 8.47. The van der Waals surface area contributed by atoms with E-state index in [-0.39, 0.29) is 5.78 Å². The molecule has 0 aromatic rings. The molecule has 1 aliphatic rings. The molecule has 0 aliphatic heterocycles. The molecule has 1 saturated carbocycles. The highest BCUT2D eigenvalue weighted by Gasteiger charge is 2.35. The summed E-state index contributed by atoms with van der Waals surface area (Å²) >= 11 is 0. The fourth-order valence-corrected chi connectivity index (χ4v) is 2.06. The van der Waals surface area contributed by atoms with Gasteiger partial charge in [-0.05, 0) is 25.7 Å². The largest absolute Gasteiger partial charge is 0.382 e. The molecule has 0 unspecified atom stereocenters. The lowest BCUT2D eigenvalue weighted by Crippen LogP contribution is -2.40. The lowest BCUT2D eigenvalue weighted by molar-refractivity contribution is -0.140. The Hall–Kier alpha value is -0.630. The number of aliphatic hydroxyl groups is 1. The Morgan fingerprint density at radius 2 is 2.00 bits per heavy atom. The molecule has 2 nitrogen and oxygen atoms in total. The van der Waals surface area contributed by atoms with Gasteiger partial charge in [0.2, 0.25) is 0 Å². The minimum atomic E-state index is -0.987. The molecule has 0 heterocycles. The number of unbranched alkanes of at least 4 members (excludes halogenated alkanes) is 1. The van der Waals surface area contributed by atoms with Crippen molar-refractivity contribution in [2.24, 2.45) is 0 Å². The third-order valence-corrected chi connectivity index (χ3v) is 3.01. The van der Waals surface area contributed by atoms with Crippen LogP contribution in [0.2, 0.25) is 0 Å². The third-order valence-electron chi connectivity index (χ3n) is 3.01. The van der Waals surface area contributed by atoms with Crippen molar-refractivity contribution in [3.63, 3.8) is 0 Å². The van der Waals surface area contributed by atoms with Crippen LogP contribution < -0.4 is 0 Å². The van der Waals surface area contributed by atoms with Crippen LogP contribution in [0.15, 0.2) is 12.7 Å². The molecule has 0 atom stereocenters. The van der Waals surface area contributed by atoms with Crippen LogP contribution in [0, 0.1) is 0 Å². The van der Waals surface area contributed by atoms with Crippen molar-refractivity contribution in [3.05, 3.63) is 12.7 Å². The van der Waals surface area contributed by atoms with E-state index in [0.29, 0.717) is 19.3 Å². The molecule has 1 aliphatic carbocycles. The Morgan fingerprint density at radius 1 is 1.36 bits per heavy atom. The zero-order chi connectivity index (χ0) is 10.4. The number of carbonyl (C=O) groups is 1. The molecule has 14 heavy (non-hydrogen) atoms. The first-order valence-corrected chi connectivity index (χ1v) is 5.55. The average molecular weight is 196 g/mol. The number of hydrogen-bond acceptors (Lipinski definition) is 2. The van der Waals surface area contributed by atoms with Crippen LogP contribution >= 0.6 is 0 Å². The van der Waals surface area contributed by atoms with Crippen LogP contribution in [-0.2, 0) is 4.79 Å². The highest BCUT2D eigenvalue weighted by molar-refractivity contribution is 5.87. The van der Waals surface area contributed by atoms with E-state index >= 15 is 0 Å². The van der Waals surface area contributed by atoms with E-state index < -0.39 is 5.60 Å². The highest BCUT2D eigenvalue weighted by atomic mass is 16.3. The summed E-state index contributed by atoms with van der Waals surface area (Å²) in [5.41, 5.74) is -0.987. The molecule has 0 spiro atoms. The van der Waals surface area contributed by atoms with E-state index in [0.717, 1.165) is 32.1 Å². The van der Waals surface area contributed by atoms with Gasteiger partial charge in [0, 0.05) is 6.42 Å². The molecular weight excluding hydrogens is 176 g/mol. The summed E-state index contributed by atoms with van der Waals surface area (Å²) in [4.78, 5) is 11.7. The molecule has 0 radical (unpaired) electrons. The fourth-order valence-electron chi connectivity index (χ4n) is 2.06. The molecule has 0 saturated heterocycles. The second kappa shape index (κ2) is 5.30. The Balaban J connectivity index is 2.36. The summed E-state index contributed by atoms with van der Waals surface area (Å²) in [7, 11) is 0. The molecule has 0 amide bonds. The van der Waals surface area contributed by atoms with Crippen molar-refractivity contribution in [1.82, 2.24) is 0 Å². The molecule has 1 fully saturated rings. The Kier molecular flexibility index (Phi) is 4.33. The van der Waals surface area contributed by atoms with Crippen LogP contribution in [0.4, 0.5) is 0 Å². The van der Waals surface area contributed by atoms with Gasteiger partial charge in [0.1, 0.15) is 5.60 Å². The standard InChI is InChI=1S/C12H20O2/c1-2-3-5-8-11(13)12(14)9-6-4-7-10-12/h2,14H,1,3-10H2. The van der Waals surface area contributed by atoms with Gasteiger partial charge in [-0.2, -0.15) is 0 Å². The van der Waals surface area contributed by atoms with Gasteiger partial charge in [-0.1, -0.05) is 25.3 Å². The van der Waals surface area contributed by atoms with Gasteiger partial charge >= 0.3 is 0 Å². The van der Waals surface area contributed by atoms with Crippen LogP contribution in [0.25, 0.3) is 0 Å². The zero-order valence-electron chi connectivity index (χ0n) is 8.80. The molecule has 1 N–H and O–H groups in total. The van der Waals surface area contributed by atoms with Crippen LogP contribution in [-0.4, -0.2) is 16.5 Å². The van der Waals surface area contributed by atoms with Gasteiger partial charge in [0.15, 0.2) is 5.78 Å². The maximum Gasteiger partial charge on any atom is 0.164 e.